The van der Waals surface area contributed by atoms with Crippen LogP contribution in [-0.2, 0) is 0 Å². The van der Waals surface area contributed by atoms with Gasteiger partial charge >= 0.3 is 0 Å². The van der Waals surface area contributed by atoms with Gasteiger partial charge in [-0.1, -0.05) is 49.2 Å². The van der Waals surface area contributed by atoms with Gasteiger partial charge in [0.25, 0.3) is 5.91 Å². The second-order valence-corrected chi connectivity index (χ2v) is 5.68. The van der Waals surface area contributed by atoms with Crippen molar-refractivity contribution in [3.8, 4) is 0 Å². The van der Waals surface area contributed by atoms with Crippen LogP contribution in [0.4, 0.5) is 0 Å². The van der Waals surface area contributed by atoms with E-state index in [2.05, 4.69) is 11.9 Å². The third-order valence-electron chi connectivity index (χ3n) is 4.13. The van der Waals surface area contributed by atoms with E-state index in [1.54, 1.807) is 6.20 Å². The number of aromatic nitrogens is 1. The van der Waals surface area contributed by atoms with E-state index in [0.29, 0.717) is 16.6 Å². The Labute approximate surface area is 123 Å². The molecule has 4 heteroatoms. The number of carbonyl (C=O) groups excluding carboxylic acids is 1. The van der Waals surface area contributed by atoms with Crippen LogP contribution in [0, 0.1) is 5.92 Å². The van der Waals surface area contributed by atoms with Gasteiger partial charge in [-0.2, -0.15) is 0 Å². The Kier molecular flexibility index (Phi) is 3.62. The maximum Gasteiger partial charge on any atom is 0.256 e. The van der Waals surface area contributed by atoms with Gasteiger partial charge in [0, 0.05) is 24.7 Å². The SMILES string of the molecule is CCC1CCN(C(=O)c2cnc(Cl)c3ccccc23)C1. The molecule has 0 bridgehead atoms. The fourth-order valence-electron chi connectivity index (χ4n) is 2.85. The number of likely N-dealkylation sites (tertiary alicyclic amines) is 1. The predicted octanol–water partition coefficient (Wildman–Crippen LogP) is 3.76. The maximum absolute atomic E-state index is 12.7. The minimum absolute atomic E-state index is 0.0707. The molecule has 2 heterocycles. The highest BCUT2D eigenvalue weighted by Crippen LogP contribution is 2.27. The topological polar surface area (TPSA) is 33.2 Å². The number of pyridine rings is 1. The van der Waals surface area contributed by atoms with Gasteiger partial charge in [0.1, 0.15) is 5.15 Å². The van der Waals surface area contributed by atoms with Crippen LogP contribution in [0.2, 0.25) is 5.15 Å². The van der Waals surface area contributed by atoms with Gasteiger partial charge in [0.05, 0.1) is 5.56 Å². The second-order valence-electron chi connectivity index (χ2n) is 5.32. The largest absolute Gasteiger partial charge is 0.338 e. The fourth-order valence-corrected chi connectivity index (χ4v) is 3.06. The molecule has 0 spiro atoms. The molecule has 1 aromatic heterocycles. The van der Waals surface area contributed by atoms with Crippen molar-refractivity contribution in [3.05, 3.63) is 41.2 Å². The maximum atomic E-state index is 12.7. The van der Waals surface area contributed by atoms with E-state index < -0.39 is 0 Å². The summed E-state index contributed by atoms with van der Waals surface area (Å²) in [6.45, 7) is 3.87. The highest BCUT2D eigenvalue weighted by atomic mass is 35.5. The lowest BCUT2D eigenvalue weighted by atomic mass is 10.1. The Bertz CT molecular complexity index is 656. The number of amides is 1. The molecule has 3 nitrogen and oxygen atoms in total. The normalized spacial score (nSPS) is 18.7. The average molecular weight is 289 g/mol. The van der Waals surface area contributed by atoms with Gasteiger partial charge in [0.2, 0.25) is 0 Å². The van der Waals surface area contributed by atoms with Gasteiger partial charge in [-0.05, 0) is 17.7 Å². The molecule has 1 aliphatic rings. The lowest BCUT2D eigenvalue weighted by molar-refractivity contribution is 0.0788. The zero-order valence-corrected chi connectivity index (χ0v) is 12.2. The molecule has 0 N–H and O–H groups in total. The molecule has 1 amide bonds. The molecule has 104 valence electrons. The number of nitrogens with zero attached hydrogens (tertiary/aromatic N) is 2. The van der Waals surface area contributed by atoms with Crippen LogP contribution < -0.4 is 0 Å². The first-order valence-electron chi connectivity index (χ1n) is 7.03. The van der Waals surface area contributed by atoms with Crippen molar-refractivity contribution in [2.75, 3.05) is 13.1 Å². The highest BCUT2D eigenvalue weighted by molar-refractivity contribution is 6.34. The monoisotopic (exact) mass is 288 g/mol. The number of benzene rings is 1. The zero-order chi connectivity index (χ0) is 14.1. The number of fused-ring (bicyclic) bond motifs is 1. The lowest BCUT2D eigenvalue weighted by Gasteiger charge is -2.17. The van der Waals surface area contributed by atoms with Crippen molar-refractivity contribution in [2.24, 2.45) is 5.92 Å². The van der Waals surface area contributed by atoms with Crippen LogP contribution in [0.3, 0.4) is 0 Å². The molecular formula is C16H17ClN2O. The van der Waals surface area contributed by atoms with Gasteiger partial charge in [-0.3, -0.25) is 4.79 Å². The minimum atomic E-state index is 0.0707. The summed E-state index contributed by atoms with van der Waals surface area (Å²) >= 11 is 6.10. The number of carbonyl (C=O) groups is 1. The third kappa shape index (κ3) is 2.27. The zero-order valence-electron chi connectivity index (χ0n) is 11.5. The van der Waals surface area contributed by atoms with Crippen LogP contribution in [0.15, 0.2) is 30.5 Å². The van der Waals surface area contributed by atoms with Crippen LogP contribution in [0.25, 0.3) is 10.8 Å². The molecule has 0 aliphatic carbocycles. The van der Waals surface area contributed by atoms with Crippen LogP contribution in [0.1, 0.15) is 30.1 Å². The van der Waals surface area contributed by atoms with Crippen LogP contribution in [-0.4, -0.2) is 28.9 Å². The summed E-state index contributed by atoms with van der Waals surface area (Å²) in [6.07, 6.45) is 3.83. The van der Waals surface area contributed by atoms with Gasteiger partial charge in [-0.25, -0.2) is 4.98 Å². The molecule has 0 saturated carbocycles. The molecule has 3 rings (SSSR count). The molecule has 1 atom stereocenters. The third-order valence-corrected chi connectivity index (χ3v) is 4.43. The van der Waals surface area contributed by atoms with E-state index in [9.17, 15) is 4.79 Å². The fraction of sp³-hybridized carbons (Fsp3) is 0.375. The Morgan fingerprint density at radius 2 is 2.15 bits per heavy atom. The van der Waals surface area contributed by atoms with Crippen molar-refractivity contribution in [1.82, 2.24) is 9.88 Å². The highest BCUT2D eigenvalue weighted by Gasteiger charge is 2.27. The quantitative estimate of drug-likeness (QED) is 0.788. The smallest absolute Gasteiger partial charge is 0.256 e. The molecule has 1 fully saturated rings. The summed E-state index contributed by atoms with van der Waals surface area (Å²) in [6, 6.07) is 7.67. The summed E-state index contributed by atoms with van der Waals surface area (Å²) in [5, 5.41) is 2.17. The number of rotatable bonds is 2. The van der Waals surface area contributed by atoms with Crippen molar-refractivity contribution < 1.29 is 4.79 Å². The summed E-state index contributed by atoms with van der Waals surface area (Å²) in [4.78, 5) is 18.8. The first kappa shape index (κ1) is 13.4. The van der Waals surface area contributed by atoms with Crippen LogP contribution in [0.5, 0.6) is 0 Å². The summed E-state index contributed by atoms with van der Waals surface area (Å²) in [5.74, 6) is 0.701. The van der Waals surface area contributed by atoms with E-state index >= 15 is 0 Å². The van der Waals surface area contributed by atoms with Crippen molar-refractivity contribution >= 4 is 28.3 Å². The molecule has 1 saturated heterocycles. The molecule has 20 heavy (non-hydrogen) atoms. The molecule has 1 aromatic carbocycles. The molecule has 1 unspecified atom stereocenters. The summed E-state index contributed by atoms with van der Waals surface area (Å²) < 4.78 is 0. The van der Waals surface area contributed by atoms with E-state index in [-0.39, 0.29) is 5.91 Å². The Hall–Kier alpha value is -1.61. The average Bonchev–Trinajstić information content (AvgIpc) is 2.96. The van der Waals surface area contributed by atoms with Gasteiger partial charge in [0.15, 0.2) is 0 Å². The standard InChI is InChI=1S/C16H17ClN2O/c1-2-11-7-8-19(10-11)16(20)14-9-18-15(17)13-6-4-3-5-12(13)14/h3-6,9,11H,2,7-8,10H2,1H3. The number of halogens is 1. The van der Waals surface area contributed by atoms with E-state index in [0.717, 1.165) is 36.7 Å². The molecule has 0 radical (unpaired) electrons. The van der Waals surface area contributed by atoms with E-state index in [4.69, 9.17) is 11.6 Å². The van der Waals surface area contributed by atoms with Crippen molar-refractivity contribution in [1.29, 1.82) is 0 Å². The predicted molar refractivity (Wildman–Crippen MR) is 81.1 cm³/mol. The first-order chi connectivity index (χ1) is 9.70. The van der Waals surface area contributed by atoms with Crippen molar-refractivity contribution in [3.63, 3.8) is 0 Å². The number of hydrogen-bond acceptors (Lipinski definition) is 2. The minimum Gasteiger partial charge on any atom is -0.338 e. The summed E-state index contributed by atoms with van der Waals surface area (Å²) in [5.41, 5.74) is 0.654. The second kappa shape index (κ2) is 5.41. The molecular weight excluding hydrogens is 272 g/mol. The first-order valence-corrected chi connectivity index (χ1v) is 7.41. The Morgan fingerprint density at radius 3 is 2.85 bits per heavy atom. The Balaban J connectivity index is 1.98. The van der Waals surface area contributed by atoms with Gasteiger partial charge in [-0.15, -0.1) is 0 Å². The molecule has 2 aromatic rings. The summed E-state index contributed by atoms with van der Waals surface area (Å²) in [7, 11) is 0. The van der Waals surface area contributed by atoms with Crippen LogP contribution >= 0.6 is 11.6 Å². The van der Waals surface area contributed by atoms with Crippen molar-refractivity contribution in [2.45, 2.75) is 19.8 Å². The number of hydrogen-bond donors (Lipinski definition) is 0. The van der Waals surface area contributed by atoms with E-state index in [1.165, 1.54) is 0 Å². The lowest BCUT2D eigenvalue weighted by Crippen LogP contribution is -2.29. The van der Waals surface area contributed by atoms with Gasteiger partial charge < -0.3 is 4.90 Å². The Morgan fingerprint density at radius 1 is 1.40 bits per heavy atom. The molecule has 1 aliphatic heterocycles. The van der Waals surface area contributed by atoms with E-state index in [1.807, 2.05) is 29.2 Å².